The molecule has 0 aliphatic carbocycles. The van der Waals surface area contributed by atoms with Gasteiger partial charge in [-0.05, 0) is 30.9 Å². The summed E-state index contributed by atoms with van der Waals surface area (Å²) in [6, 6.07) is 4.13. The lowest BCUT2D eigenvalue weighted by Crippen LogP contribution is -2.45. The van der Waals surface area contributed by atoms with E-state index in [-0.39, 0.29) is 30.9 Å². The number of carbonyl (C=O) groups excluding carboxylic acids is 2. The van der Waals surface area contributed by atoms with Crippen molar-refractivity contribution in [3.05, 3.63) is 23.4 Å². The van der Waals surface area contributed by atoms with Crippen LogP contribution in [0.25, 0.3) is 0 Å². The van der Waals surface area contributed by atoms with Gasteiger partial charge in [0.15, 0.2) is 0 Å². The van der Waals surface area contributed by atoms with Gasteiger partial charge < -0.3 is 25.4 Å². The summed E-state index contributed by atoms with van der Waals surface area (Å²) in [6.07, 6.45) is 3.75. The normalized spacial score (nSPS) is 19.4. The Kier molecular flexibility index (Phi) is 7.00. The van der Waals surface area contributed by atoms with Gasteiger partial charge in [0, 0.05) is 50.6 Å². The molecular weight excluding hydrogens is 348 g/mol. The van der Waals surface area contributed by atoms with Crippen LogP contribution in [-0.2, 0) is 27.2 Å². The van der Waals surface area contributed by atoms with Crippen LogP contribution in [0.15, 0.2) is 12.1 Å². The molecule has 2 aliphatic rings. The number of aliphatic hydroxyl groups excluding tert-OH is 1. The van der Waals surface area contributed by atoms with Gasteiger partial charge in [-0.15, -0.1) is 0 Å². The number of ether oxygens (including phenoxy) is 1. The lowest BCUT2D eigenvalue weighted by Gasteiger charge is -2.31. The van der Waals surface area contributed by atoms with Crippen LogP contribution < -0.4 is 10.6 Å². The second-order valence-electron chi connectivity index (χ2n) is 6.99. The third kappa shape index (κ3) is 5.40. The summed E-state index contributed by atoms with van der Waals surface area (Å²) in [7, 11) is 0. The molecule has 0 aromatic carbocycles. The number of aromatic nitrogens is 1. The molecule has 1 atom stereocenters. The van der Waals surface area contributed by atoms with Gasteiger partial charge >= 0.3 is 0 Å². The van der Waals surface area contributed by atoms with E-state index in [0.717, 1.165) is 30.9 Å². The Hall–Kier alpha value is -2.19. The maximum Gasteiger partial charge on any atom is 0.223 e. The maximum absolute atomic E-state index is 12.4. The van der Waals surface area contributed by atoms with Crippen LogP contribution in [0.4, 0.5) is 5.82 Å². The van der Waals surface area contributed by atoms with Crippen LogP contribution in [-0.4, -0.2) is 66.4 Å². The number of rotatable bonds is 8. The first kappa shape index (κ1) is 19.6. The number of hydrogen-bond acceptors (Lipinski definition) is 6. The Bertz CT molecular complexity index is 667. The Morgan fingerprint density at radius 2 is 2.33 bits per heavy atom. The third-order valence-electron chi connectivity index (χ3n) is 5.12. The minimum absolute atomic E-state index is 0.0367. The second-order valence-corrected chi connectivity index (χ2v) is 6.99. The van der Waals surface area contributed by atoms with Crippen LogP contribution in [0.2, 0.25) is 0 Å². The van der Waals surface area contributed by atoms with E-state index in [2.05, 4.69) is 21.7 Å². The number of nitrogens with zero attached hydrogens (tertiary/aromatic N) is 2. The molecule has 3 rings (SSSR count). The molecule has 1 unspecified atom stereocenters. The van der Waals surface area contributed by atoms with Crippen molar-refractivity contribution < 1.29 is 19.4 Å². The molecule has 8 heteroatoms. The van der Waals surface area contributed by atoms with Crippen molar-refractivity contribution in [1.29, 1.82) is 0 Å². The zero-order valence-electron chi connectivity index (χ0n) is 15.6. The first-order valence-electron chi connectivity index (χ1n) is 9.64. The monoisotopic (exact) mass is 376 g/mol. The number of hydrogen-bond donors (Lipinski definition) is 3. The molecule has 1 fully saturated rings. The van der Waals surface area contributed by atoms with Crippen molar-refractivity contribution in [3.8, 4) is 0 Å². The topological polar surface area (TPSA) is 104 Å². The number of aliphatic hydroxyl groups is 1. The summed E-state index contributed by atoms with van der Waals surface area (Å²) in [5.74, 6) is 0.593. The fraction of sp³-hybridized carbons (Fsp3) is 0.632. The van der Waals surface area contributed by atoms with E-state index in [4.69, 9.17) is 9.84 Å². The van der Waals surface area contributed by atoms with E-state index in [0.29, 0.717) is 39.1 Å². The highest BCUT2D eigenvalue weighted by Crippen LogP contribution is 2.20. The Labute approximate surface area is 159 Å². The van der Waals surface area contributed by atoms with Crippen molar-refractivity contribution in [2.45, 2.75) is 32.1 Å². The average Bonchev–Trinajstić information content (AvgIpc) is 2.69. The van der Waals surface area contributed by atoms with Gasteiger partial charge in [0.25, 0.3) is 0 Å². The van der Waals surface area contributed by atoms with Gasteiger partial charge in [0.1, 0.15) is 12.6 Å². The van der Waals surface area contributed by atoms with Gasteiger partial charge in [-0.2, -0.15) is 0 Å². The maximum atomic E-state index is 12.4. The van der Waals surface area contributed by atoms with E-state index in [9.17, 15) is 9.59 Å². The highest BCUT2D eigenvalue weighted by Gasteiger charge is 2.30. The first-order valence-corrected chi connectivity index (χ1v) is 9.64. The van der Waals surface area contributed by atoms with Gasteiger partial charge in [0.05, 0.1) is 6.61 Å². The molecule has 0 saturated carbocycles. The molecular formula is C19H28N4O4. The summed E-state index contributed by atoms with van der Waals surface area (Å²) in [5, 5.41) is 14.9. The van der Waals surface area contributed by atoms with E-state index in [1.807, 2.05) is 6.07 Å². The van der Waals surface area contributed by atoms with Crippen LogP contribution in [0.5, 0.6) is 0 Å². The Morgan fingerprint density at radius 1 is 1.44 bits per heavy atom. The van der Waals surface area contributed by atoms with Crippen molar-refractivity contribution in [1.82, 2.24) is 15.2 Å². The van der Waals surface area contributed by atoms with Gasteiger partial charge in [0.2, 0.25) is 11.8 Å². The number of pyridine rings is 1. The predicted octanol–water partition coefficient (Wildman–Crippen LogP) is 0.303. The molecule has 8 nitrogen and oxygen atoms in total. The molecule has 1 aromatic heterocycles. The molecule has 0 bridgehead atoms. The standard InChI is InChI=1S/C19H28N4O4/c24-13-27-11-10-23-9-6-15(12-17(23)25)19(26)21-8-5-16-4-3-14-2-1-7-20-18(14)22-16/h3-4,15,24H,1-2,5-13H2,(H,20,22)(H,21,26). The number of amides is 2. The van der Waals surface area contributed by atoms with Gasteiger partial charge in [-0.25, -0.2) is 4.98 Å². The van der Waals surface area contributed by atoms with Crippen LogP contribution in [0.1, 0.15) is 30.5 Å². The average molecular weight is 376 g/mol. The molecule has 3 N–H and O–H groups in total. The number of nitrogens with one attached hydrogen (secondary N) is 2. The SMILES string of the molecule is O=C(NCCc1ccc2c(n1)NCCC2)C1CCN(CCOCO)C(=O)C1. The Morgan fingerprint density at radius 3 is 3.15 bits per heavy atom. The zero-order valence-corrected chi connectivity index (χ0v) is 15.6. The molecule has 148 valence electrons. The smallest absolute Gasteiger partial charge is 0.223 e. The lowest BCUT2D eigenvalue weighted by atomic mass is 9.95. The number of piperidine rings is 1. The summed E-state index contributed by atoms with van der Waals surface area (Å²) < 4.78 is 4.86. The van der Waals surface area contributed by atoms with E-state index in [1.165, 1.54) is 5.56 Å². The van der Waals surface area contributed by atoms with Crippen LogP contribution in [0.3, 0.4) is 0 Å². The highest BCUT2D eigenvalue weighted by molar-refractivity contribution is 5.86. The van der Waals surface area contributed by atoms with E-state index < -0.39 is 0 Å². The van der Waals surface area contributed by atoms with Gasteiger partial charge in [-0.1, -0.05) is 6.07 Å². The summed E-state index contributed by atoms with van der Waals surface area (Å²) in [4.78, 5) is 30.8. The van der Waals surface area contributed by atoms with Crippen molar-refractivity contribution >= 4 is 17.6 Å². The summed E-state index contributed by atoms with van der Waals surface area (Å²) in [5.41, 5.74) is 2.21. The molecule has 1 saturated heterocycles. The third-order valence-corrected chi connectivity index (χ3v) is 5.12. The molecule has 0 spiro atoms. The first-order chi connectivity index (χ1) is 13.2. The molecule has 2 aliphatic heterocycles. The zero-order chi connectivity index (χ0) is 19.1. The number of aryl methyl sites for hydroxylation is 1. The highest BCUT2D eigenvalue weighted by atomic mass is 16.6. The van der Waals surface area contributed by atoms with Crippen molar-refractivity contribution in [3.63, 3.8) is 0 Å². The van der Waals surface area contributed by atoms with Crippen LogP contribution >= 0.6 is 0 Å². The molecule has 27 heavy (non-hydrogen) atoms. The fourth-order valence-electron chi connectivity index (χ4n) is 3.54. The minimum atomic E-state index is -0.345. The summed E-state index contributed by atoms with van der Waals surface area (Å²) >= 11 is 0. The minimum Gasteiger partial charge on any atom is -0.371 e. The molecule has 3 heterocycles. The molecule has 2 amide bonds. The number of fused-ring (bicyclic) bond motifs is 1. The quantitative estimate of drug-likeness (QED) is 0.445. The number of likely N-dealkylation sites (tertiary alicyclic amines) is 1. The number of anilines is 1. The van der Waals surface area contributed by atoms with E-state index in [1.54, 1.807) is 4.90 Å². The van der Waals surface area contributed by atoms with Crippen molar-refractivity contribution in [2.75, 3.05) is 44.9 Å². The molecule has 0 radical (unpaired) electrons. The number of carbonyl (C=O) groups is 2. The van der Waals surface area contributed by atoms with E-state index >= 15 is 0 Å². The second kappa shape index (κ2) is 9.66. The Balaban J connectivity index is 1.40. The van der Waals surface area contributed by atoms with Crippen molar-refractivity contribution in [2.24, 2.45) is 5.92 Å². The largest absolute Gasteiger partial charge is 0.371 e. The molecule has 1 aromatic rings. The lowest BCUT2D eigenvalue weighted by molar-refractivity contribution is -0.141. The fourth-order valence-corrected chi connectivity index (χ4v) is 3.54. The summed E-state index contributed by atoms with van der Waals surface area (Å²) in [6.45, 7) is 2.43. The predicted molar refractivity (Wildman–Crippen MR) is 100 cm³/mol. The van der Waals surface area contributed by atoms with Gasteiger partial charge in [-0.3, -0.25) is 9.59 Å². The van der Waals surface area contributed by atoms with Crippen LogP contribution in [0, 0.1) is 5.92 Å².